The molecule has 0 spiro atoms. The zero-order chi connectivity index (χ0) is 23.6. The van der Waals surface area contributed by atoms with E-state index in [4.69, 9.17) is 4.74 Å². The van der Waals surface area contributed by atoms with Crippen LogP contribution in [0, 0.1) is 5.92 Å². The molecule has 33 heavy (non-hydrogen) atoms. The number of carbonyl (C=O) groups is 2. The van der Waals surface area contributed by atoms with Crippen molar-refractivity contribution in [2.45, 2.75) is 46.0 Å². The highest BCUT2D eigenvalue weighted by Crippen LogP contribution is 2.22. The van der Waals surface area contributed by atoms with E-state index >= 15 is 0 Å². The van der Waals surface area contributed by atoms with Gasteiger partial charge in [0.2, 0.25) is 11.8 Å². The molecular weight excluding hydrogens is 414 g/mol. The molecule has 0 aromatic heterocycles. The van der Waals surface area contributed by atoms with E-state index in [-0.39, 0.29) is 17.7 Å². The largest absolute Gasteiger partial charge is 0.497 e. The quantitative estimate of drug-likeness (QED) is 0.567. The van der Waals surface area contributed by atoms with Crippen LogP contribution in [0.5, 0.6) is 5.75 Å². The third-order valence-corrected chi connectivity index (χ3v) is 6.42. The minimum atomic E-state index is 0.0770. The summed E-state index contributed by atoms with van der Waals surface area (Å²) in [5.74, 6) is 1.15. The Kier molecular flexibility index (Phi) is 9.16. The topological polar surface area (TPSA) is 61.9 Å². The summed E-state index contributed by atoms with van der Waals surface area (Å²) in [6, 6.07) is 15.7. The zero-order valence-electron chi connectivity index (χ0n) is 20.2. The van der Waals surface area contributed by atoms with Crippen LogP contribution in [0.2, 0.25) is 0 Å². The molecule has 0 radical (unpaired) electrons. The second-order valence-corrected chi connectivity index (χ2v) is 8.68. The normalized spacial score (nSPS) is 14.6. The number of nitrogens with zero attached hydrogens (tertiary/aromatic N) is 2. The maximum absolute atomic E-state index is 12.7. The van der Waals surface area contributed by atoms with Crippen molar-refractivity contribution < 1.29 is 14.3 Å². The molecule has 1 aliphatic heterocycles. The van der Waals surface area contributed by atoms with Crippen LogP contribution in [0.3, 0.4) is 0 Å². The first kappa shape index (κ1) is 24.6. The molecule has 0 aliphatic carbocycles. The van der Waals surface area contributed by atoms with E-state index in [2.05, 4.69) is 36.2 Å². The summed E-state index contributed by atoms with van der Waals surface area (Å²) in [6.07, 6.45) is 4.41. The molecule has 6 heteroatoms. The second kappa shape index (κ2) is 12.3. The summed E-state index contributed by atoms with van der Waals surface area (Å²) in [6.45, 7) is 7.25. The number of nitrogens with one attached hydrogen (secondary N) is 1. The molecule has 3 rings (SSSR count). The van der Waals surface area contributed by atoms with Gasteiger partial charge < -0.3 is 19.9 Å². The van der Waals surface area contributed by atoms with Crippen LogP contribution in [0.25, 0.3) is 0 Å². The lowest BCUT2D eigenvalue weighted by Crippen LogP contribution is -2.49. The van der Waals surface area contributed by atoms with E-state index in [0.29, 0.717) is 19.5 Å². The number of piperazine rings is 1. The fourth-order valence-electron chi connectivity index (χ4n) is 4.21. The Morgan fingerprint density at radius 1 is 0.970 bits per heavy atom. The van der Waals surface area contributed by atoms with Crippen molar-refractivity contribution in [3.05, 3.63) is 54.1 Å². The second-order valence-electron chi connectivity index (χ2n) is 8.68. The number of carbonyl (C=O) groups excluding carboxylic acids is 2. The van der Waals surface area contributed by atoms with Crippen molar-refractivity contribution in [1.29, 1.82) is 0 Å². The van der Waals surface area contributed by atoms with Gasteiger partial charge in [-0.2, -0.15) is 0 Å². The maximum Gasteiger partial charge on any atom is 0.227 e. The number of amides is 2. The molecule has 1 N–H and O–H groups in total. The van der Waals surface area contributed by atoms with Crippen LogP contribution in [-0.4, -0.2) is 50.0 Å². The highest BCUT2D eigenvalue weighted by atomic mass is 16.5. The van der Waals surface area contributed by atoms with Gasteiger partial charge in [-0.15, -0.1) is 0 Å². The van der Waals surface area contributed by atoms with Gasteiger partial charge in [-0.1, -0.05) is 38.8 Å². The lowest BCUT2D eigenvalue weighted by atomic mass is 9.98. The number of anilines is 2. The van der Waals surface area contributed by atoms with Gasteiger partial charge in [0.1, 0.15) is 5.75 Å². The number of methoxy groups -OCH3 is 1. The molecule has 1 heterocycles. The molecule has 2 amide bonds. The lowest BCUT2D eigenvalue weighted by molar-refractivity contribution is -0.130. The Balaban J connectivity index is 1.48. The first-order valence-electron chi connectivity index (χ1n) is 12.1. The van der Waals surface area contributed by atoms with Crippen molar-refractivity contribution >= 4 is 23.2 Å². The minimum absolute atomic E-state index is 0.0770. The van der Waals surface area contributed by atoms with Crippen LogP contribution in [0.1, 0.15) is 45.1 Å². The van der Waals surface area contributed by atoms with Gasteiger partial charge in [0.25, 0.3) is 0 Å². The molecule has 2 aromatic rings. The van der Waals surface area contributed by atoms with Crippen molar-refractivity contribution in [3.8, 4) is 5.75 Å². The third kappa shape index (κ3) is 6.98. The van der Waals surface area contributed by atoms with Crippen molar-refractivity contribution in [2.75, 3.05) is 43.5 Å². The van der Waals surface area contributed by atoms with Crippen LogP contribution < -0.4 is 15.0 Å². The molecule has 1 unspecified atom stereocenters. The lowest BCUT2D eigenvalue weighted by Gasteiger charge is -2.36. The first-order chi connectivity index (χ1) is 16.0. The molecule has 0 bridgehead atoms. The Morgan fingerprint density at radius 3 is 2.21 bits per heavy atom. The molecule has 1 fully saturated rings. The highest BCUT2D eigenvalue weighted by Gasteiger charge is 2.22. The van der Waals surface area contributed by atoms with Gasteiger partial charge in [0.05, 0.1) is 13.5 Å². The maximum atomic E-state index is 12.7. The fraction of sp³-hybridized carbons (Fsp3) is 0.481. The predicted octanol–water partition coefficient (Wildman–Crippen LogP) is 4.74. The monoisotopic (exact) mass is 451 g/mol. The number of rotatable bonds is 10. The fourth-order valence-corrected chi connectivity index (χ4v) is 4.21. The molecule has 1 saturated heterocycles. The summed E-state index contributed by atoms with van der Waals surface area (Å²) >= 11 is 0. The summed E-state index contributed by atoms with van der Waals surface area (Å²) in [5, 5.41) is 3.07. The van der Waals surface area contributed by atoms with Crippen LogP contribution in [0.15, 0.2) is 48.5 Å². The summed E-state index contributed by atoms with van der Waals surface area (Å²) in [4.78, 5) is 29.5. The third-order valence-electron chi connectivity index (χ3n) is 6.42. The zero-order valence-corrected chi connectivity index (χ0v) is 20.2. The standard InChI is InChI=1S/C27H37N3O3/c1-4-6-7-22(5-2)27(32)28-23-10-12-24(13-11-23)29-16-18-30(19-17-29)26(31)20-21-8-14-25(33-3)15-9-21/h8-15,22H,4-7,16-20H2,1-3H3,(H,28,32). The van der Waals surface area contributed by atoms with Gasteiger partial charge in [-0.25, -0.2) is 0 Å². The van der Waals surface area contributed by atoms with E-state index in [1.165, 1.54) is 0 Å². The van der Waals surface area contributed by atoms with Gasteiger partial charge in [0, 0.05) is 43.5 Å². The predicted molar refractivity (Wildman–Crippen MR) is 134 cm³/mol. The Bertz CT molecular complexity index is 888. The Hall–Kier alpha value is -3.02. The van der Waals surface area contributed by atoms with E-state index in [0.717, 1.165) is 61.5 Å². The van der Waals surface area contributed by atoms with Crippen LogP contribution >= 0.6 is 0 Å². The van der Waals surface area contributed by atoms with Crippen molar-refractivity contribution in [1.82, 2.24) is 4.90 Å². The Labute approximate surface area is 197 Å². The van der Waals surface area contributed by atoms with Gasteiger partial charge >= 0.3 is 0 Å². The molecular formula is C27H37N3O3. The first-order valence-corrected chi connectivity index (χ1v) is 12.1. The average molecular weight is 452 g/mol. The molecule has 178 valence electrons. The van der Waals surface area contributed by atoms with E-state index in [1.54, 1.807) is 7.11 Å². The molecule has 1 atom stereocenters. The summed E-state index contributed by atoms with van der Waals surface area (Å²) in [7, 11) is 1.64. The SMILES string of the molecule is CCCCC(CC)C(=O)Nc1ccc(N2CCN(C(=O)Cc3ccc(OC)cc3)CC2)cc1. The van der Waals surface area contributed by atoms with Crippen molar-refractivity contribution in [2.24, 2.45) is 5.92 Å². The number of unbranched alkanes of at least 4 members (excludes halogenated alkanes) is 1. The molecule has 6 nitrogen and oxygen atoms in total. The summed E-state index contributed by atoms with van der Waals surface area (Å²) in [5.41, 5.74) is 2.96. The minimum Gasteiger partial charge on any atom is -0.497 e. The van der Waals surface area contributed by atoms with E-state index < -0.39 is 0 Å². The molecule has 0 saturated carbocycles. The molecule has 2 aromatic carbocycles. The smallest absolute Gasteiger partial charge is 0.227 e. The average Bonchev–Trinajstić information content (AvgIpc) is 2.85. The number of hydrogen-bond donors (Lipinski definition) is 1. The number of benzene rings is 2. The van der Waals surface area contributed by atoms with E-state index in [9.17, 15) is 9.59 Å². The van der Waals surface area contributed by atoms with E-state index in [1.807, 2.05) is 41.3 Å². The van der Waals surface area contributed by atoms with Crippen LogP contribution in [0.4, 0.5) is 11.4 Å². The van der Waals surface area contributed by atoms with Gasteiger partial charge in [0.15, 0.2) is 0 Å². The van der Waals surface area contributed by atoms with Crippen LogP contribution in [-0.2, 0) is 16.0 Å². The Morgan fingerprint density at radius 2 is 1.64 bits per heavy atom. The van der Waals surface area contributed by atoms with Crippen molar-refractivity contribution in [3.63, 3.8) is 0 Å². The van der Waals surface area contributed by atoms with Gasteiger partial charge in [-0.3, -0.25) is 9.59 Å². The summed E-state index contributed by atoms with van der Waals surface area (Å²) < 4.78 is 5.18. The molecule has 1 aliphatic rings. The highest BCUT2D eigenvalue weighted by molar-refractivity contribution is 5.92. The number of hydrogen-bond acceptors (Lipinski definition) is 4. The van der Waals surface area contributed by atoms with Gasteiger partial charge in [-0.05, 0) is 54.8 Å². The number of ether oxygens (including phenoxy) is 1.